The number of carbonyl (C=O) groups is 1. The average molecular weight is 331 g/mol. The monoisotopic (exact) mass is 331 g/mol. The molecule has 1 aromatic heterocycles. The summed E-state index contributed by atoms with van der Waals surface area (Å²) in [4.78, 5) is 26.9. The first-order valence-electron chi connectivity index (χ1n) is 7.32. The first-order valence-corrected chi connectivity index (χ1v) is 8.14. The molecular formula is C18H21NO3S. The Bertz CT molecular complexity index is 898. The van der Waals surface area contributed by atoms with E-state index in [0.29, 0.717) is 14.9 Å². The number of nitrogens with one attached hydrogen (secondary N) is 1. The van der Waals surface area contributed by atoms with Crippen molar-refractivity contribution in [3.8, 4) is 5.75 Å². The lowest BCUT2D eigenvalue weighted by Gasteiger charge is -2.12. The van der Waals surface area contributed by atoms with Crippen LogP contribution < -0.4 is 19.5 Å². The van der Waals surface area contributed by atoms with Gasteiger partial charge in [0.05, 0.1) is 16.3 Å². The number of rotatable bonds is 3. The molecule has 0 bridgehead atoms. The van der Waals surface area contributed by atoms with Gasteiger partial charge in [0, 0.05) is 17.1 Å². The van der Waals surface area contributed by atoms with Crippen molar-refractivity contribution >= 4 is 29.3 Å². The van der Waals surface area contributed by atoms with Crippen LogP contribution in [0.1, 0.15) is 31.9 Å². The van der Waals surface area contributed by atoms with Crippen LogP contribution in [0.2, 0.25) is 0 Å². The Morgan fingerprint density at radius 1 is 1.30 bits per heavy atom. The smallest absolute Gasteiger partial charge is 0.266 e. The topological polar surface area (TPSA) is 59.2 Å². The van der Waals surface area contributed by atoms with Gasteiger partial charge < -0.3 is 9.72 Å². The number of hydrogen-bond acceptors (Lipinski definition) is 4. The summed E-state index contributed by atoms with van der Waals surface area (Å²) in [5, 5.41) is 0. The van der Waals surface area contributed by atoms with Crippen molar-refractivity contribution in [1.29, 1.82) is 0 Å². The van der Waals surface area contributed by atoms with Crippen LogP contribution in [0.3, 0.4) is 0 Å². The number of ether oxygens (including phenoxy) is 1. The lowest BCUT2D eigenvalue weighted by molar-refractivity contribution is -0.119. The third-order valence-electron chi connectivity index (χ3n) is 3.35. The van der Waals surface area contributed by atoms with E-state index in [-0.39, 0.29) is 11.3 Å². The number of aryl methyl sites for hydroxylation is 1. The van der Waals surface area contributed by atoms with E-state index in [4.69, 9.17) is 4.74 Å². The lowest BCUT2D eigenvalue weighted by atomic mass is 9.91. The molecule has 4 nitrogen and oxygen atoms in total. The number of ketones is 1. The van der Waals surface area contributed by atoms with Gasteiger partial charge in [0.15, 0.2) is 5.78 Å². The average Bonchev–Trinajstić information content (AvgIpc) is 2.78. The second-order valence-electron chi connectivity index (χ2n) is 6.43. The first-order chi connectivity index (χ1) is 10.7. The maximum Gasteiger partial charge on any atom is 0.266 e. The van der Waals surface area contributed by atoms with E-state index >= 15 is 0 Å². The normalized spacial score (nSPS) is 13.4. The molecule has 0 amide bonds. The lowest BCUT2D eigenvalue weighted by Crippen LogP contribution is -2.22. The Kier molecular flexibility index (Phi) is 4.90. The Balaban J connectivity index is 2.55. The third kappa shape index (κ3) is 4.20. The molecule has 2 rings (SSSR count). The van der Waals surface area contributed by atoms with Crippen molar-refractivity contribution in [3.63, 3.8) is 0 Å². The van der Waals surface area contributed by atoms with Crippen LogP contribution in [-0.4, -0.2) is 17.9 Å². The molecule has 0 aliphatic carbocycles. The molecule has 0 aliphatic heterocycles. The van der Waals surface area contributed by atoms with Gasteiger partial charge in [0.25, 0.3) is 5.56 Å². The molecule has 0 unspecified atom stereocenters. The molecule has 0 aliphatic rings. The summed E-state index contributed by atoms with van der Waals surface area (Å²) in [7, 11) is 1.60. The summed E-state index contributed by atoms with van der Waals surface area (Å²) in [6, 6.07) is 5.79. The highest BCUT2D eigenvalue weighted by Gasteiger charge is 2.18. The van der Waals surface area contributed by atoms with E-state index in [1.54, 1.807) is 13.2 Å². The minimum Gasteiger partial charge on any atom is -0.496 e. The zero-order valence-electron chi connectivity index (χ0n) is 14.0. The Hall–Kier alpha value is -2.14. The van der Waals surface area contributed by atoms with E-state index in [1.807, 2.05) is 45.9 Å². The van der Waals surface area contributed by atoms with E-state index in [1.165, 1.54) is 17.4 Å². The van der Waals surface area contributed by atoms with E-state index in [0.717, 1.165) is 11.1 Å². The molecule has 1 heterocycles. The van der Waals surface area contributed by atoms with Gasteiger partial charge >= 0.3 is 0 Å². The first kappa shape index (κ1) is 17.2. The molecular weight excluding hydrogens is 310 g/mol. The minimum absolute atomic E-state index is 0.0188. The summed E-state index contributed by atoms with van der Waals surface area (Å²) in [6.07, 6.45) is 3.28. The summed E-state index contributed by atoms with van der Waals surface area (Å²) in [5.41, 5.74) is 1.25. The van der Waals surface area contributed by atoms with Gasteiger partial charge in [-0.3, -0.25) is 9.59 Å². The number of thiazole rings is 1. The number of Topliss-reactive ketones (excluding diaryl/α,β-unsaturated/α-hetero) is 1. The van der Waals surface area contributed by atoms with Gasteiger partial charge in [-0.25, -0.2) is 0 Å². The van der Waals surface area contributed by atoms with Crippen LogP contribution in [0.15, 0.2) is 23.0 Å². The minimum atomic E-state index is -0.468. The highest BCUT2D eigenvalue weighted by molar-refractivity contribution is 7.07. The number of aromatic nitrogens is 1. The molecule has 0 radical (unpaired) electrons. The van der Waals surface area contributed by atoms with E-state index in [2.05, 4.69) is 4.98 Å². The number of aromatic amines is 1. The maximum absolute atomic E-state index is 12.1. The predicted molar refractivity (Wildman–Crippen MR) is 94.4 cm³/mol. The number of hydrogen-bond donors (Lipinski definition) is 1. The Morgan fingerprint density at radius 2 is 2.00 bits per heavy atom. The zero-order chi connectivity index (χ0) is 17.2. The van der Waals surface area contributed by atoms with Crippen molar-refractivity contribution in [2.75, 3.05) is 7.11 Å². The zero-order valence-corrected chi connectivity index (χ0v) is 14.8. The Labute approximate surface area is 139 Å². The SMILES string of the molecule is COc1ccc(C)cc1/C=c1\s/c(=C\C(=O)C(C)(C)C)[nH]c1=O. The van der Waals surface area contributed by atoms with Gasteiger partial charge in [0.2, 0.25) is 0 Å². The maximum atomic E-state index is 12.1. The molecule has 5 heteroatoms. The van der Waals surface area contributed by atoms with E-state index < -0.39 is 5.41 Å². The summed E-state index contributed by atoms with van der Waals surface area (Å²) < 4.78 is 6.43. The van der Waals surface area contributed by atoms with Crippen molar-refractivity contribution in [2.24, 2.45) is 5.41 Å². The highest BCUT2D eigenvalue weighted by atomic mass is 32.1. The second-order valence-corrected chi connectivity index (χ2v) is 7.52. The second kappa shape index (κ2) is 6.54. The van der Waals surface area contributed by atoms with Crippen LogP contribution in [0.25, 0.3) is 12.2 Å². The van der Waals surface area contributed by atoms with Crippen LogP contribution >= 0.6 is 11.3 Å². The standard InChI is InChI=1S/C18H21NO3S/c1-11-6-7-13(22-5)12(8-11)9-14-17(21)19-16(23-14)10-15(20)18(2,3)4/h6-10H,1-5H3,(H,19,21)/b14-9-,16-10-. The number of carbonyl (C=O) groups excluding carboxylic acids is 1. The van der Waals surface area contributed by atoms with Crippen molar-refractivity contribution in [3.05, 3.63) is 48.9 Å². The van der Waals surface area contributed by atoms with Crippen molar-refractivity contribution in [1.82, 2.24) is 4.98 Å². The van der Waals surface area contributed by atoms with Crippen LogP contribution in [0, 0.1) is 12.3 Å². The van der Waals surface area contributed by atoms with E-state index in [9.17, 15) is 9.59 Å². The fraction of sp³-hybridized carbons (Fsp3) is 0.333. The molecule has 1 N–H and O–H groups in total. The molecule has 0 saturated carbocycles. The highest BCUT2D eigenvalue weighted by Crippen LogP contribution is 2.20. The summed E-state index contributed by atoms with van der Waals surface area (Å²) in [6.45, 7) is 7.53. The van der Waals surface area contributed by atoms with Crippen molar-refractivity contribution < 1.29 is 9.53 Å². The fourth-order valence-corrected chi connectivity index (χ4v) is 2.84. The molecule has 0 fully saturated rings. The van der Waals surface area contributed by atoms with Gasteiger partial charge in [0.1, 0.15) is 5.75 Å². The van der Waals surface area contributed by atoms with Gasteiger partial charge in [-0.15, -0.1) is 11.3 Å². The molecule has 23 heavy (non-hydrogen) atoms. The summed E-state index contributed by atoms with van der Waals surface area (Å²) in [5.74, 6) is 0.689. The van der Waals surface area contributed by atoms with Crippen LogP contribution in [-0.2, 0) is 4.79 Å². The van der Waals surface area contributed by atoms with Crippen molar-refractivity contribution in [2.45, 2.75) is 27.7 Å². The number of methoxy groups -OCH3 is 1. The number of benzene rings is 1. The molecule has 0 spiro atoms. The number of H-pyrrole nitrogens is 1. The molecule has 2 aromatic rings. The fourth-order valence-electron chi connectivity index (χ4n) is 1.97. The molecule has 1 aromatic carbocycles. The predicted octanol–water partition coefficient (Wildman–Crippen LogP) is 1.98. The van der Waals surface area contributed by atoms with Gasteiger partial charge in [-0.05, 0) is 25.1 Å². The van der Waals surface area contributed by atoms with Crippen LogP contribution in [0.5, 0.6) is 5.75 Å². The third-order valence-corrected chi connectivity index (χ3v) is 4.32. The molecule has 0 atom stereocenters. The molecule has 122 valence electrons. The largest absolute Gasteiger partial charge is 0.496 e. The van der Waals surface area contributed by atoms with Crippen LogP contribution in [0.4, 0.5) is 0 Å². The Morgan fingerprint density at radius 3 is 2.61 bits per heavy atom. The van der Waals surface area contributed by atoms with Gasteiger partial charge in [-0.1, -0.05) is 32.4 Å². The van der Waals surface area contributed by atoms with Gasteiger partial charge in [-0.2, -0.15) is 0 Å². The molecule has 0 saturated heterocycles. The quantitative estimate of drug-likeness (QED) is 0.935. The summed E-state index contributed by atoms with van der Waals surface area (Å²) >= 11 is 1.27.